The Hall–Kier alpha value is -1.30. The van der Waals surface area contributed by atoms with Gasteiger partial charge in [-0.2, -0.15) is 0 Å². The van der Waals surface area contributed by atoms with Gasteiger partial charge in [-0.1, -0.05) is 11.6 Å². The maximum Gasteiger partial charge on any atom is 0.238 e. The first-order valence-electron chi connectivity index (χ1n) is 8.40. The van der Waals surface area contributed by atoms with E-state index in [1.807, 2.05) is 0 Å². The minimum absolute atomic E-state index is 0.0419. The van der Waals surface area contributed by atoms with Crippen LogP contribution in [-0.2, 0) is 4.79 Å². The predicted octanol–water partition coefficient (Wildman–Crippen LogP) is 3.09. The standard InChI is InChI=1S/C18H28ClN3O2/c1-18(2,3)22-9-5-8-21(10-11-22)13-17(23)20-15-12-14(19)6-7-16(15)24-4/h6-7,12H,5,8-11,13H2,1-4H3,(H,20,23). The quantitative estimate of drug-likeness (QED) is 0.903. The van der Waals surface area contributed by atoms with Gasteiger partial charge in [0.2, 0.25) is 5.91 Å². The van der Waals surface area contributed by atoms with Crippen LogP contribution in [0.3, 0.4) is 0 Å². The molecule has 0 radical (unpaired) electrons. The van der Waals surface area contributed by atoms with Gasteiger partial charge in [0, 0.05) is 23.7 Å². The number of methoxy groups -OCH3 is 1. The van der Waals surface area contributed by atoms with Gasteiger partial charge < -0.3 is 10.1 Å². The second kappa shape index (κ2) is 8.19. The van der Waals surface area contributed by atoms with Crippen molar-refractivity contribution in [3.63, 3.8) is 0 Å². The topological polar surface area (TPSA) is 44.8 Å². The molecule has 5 nitrogen and oxygen atoms in total. The Labute approximate surface area is 149 Å². The molecule has 0 unspecified atom stereocenters. The number of halogens is 1. The number of benzene rings is 1. The van der Waals surface area contributed by atoms with E-state index in [0.29, 0.717) is 23.0 Å². The largest absolute Gasteiger partial charge is 0.495 e. The lowest BCUT2D eigenvalue weighted by Crippen LogP contribution is -2.44. The number of rotatable bonds is 4. The van der Waals surface area contributed by atoms with Crippen LogP contribution >= 0.6 is 11.6 Å². The van der Waals surface area contributed by atoms with Gasteiger partial charge in [-0.15, -0.1) is 0 Å². The summed E-state index contributed by atoms with van der Waals surface area (Å²) >= 11 is 6.01. The smallest absolute Gasteiger partial charge is 0.238 e. The molecule has 1 saturated heterocycles. The van der Waals surface area contributed by atoms with Crippen LogP contribution in [0.25, 0.3) is 0 Å². The summed E-state index contributed by atoms with van der Waals surface area (Å²) < 4.78 is 5.27. The first kappa shape index (κ1) is 19.0. The molecule has 134 valence electrons. The van der Waals surface area contributed by atoms with Crippen molar-refractivity contribution in [3.8, 4) is 5.75 Å². The highest BCUT2D eigenvalue weighted by Crippen LogP contribution is 2.27. The van der Waals surface area contributed by atoms with Gasteiger partial charge in [-0.3, -0.25) is 14.6 Å². The molecule has 0 aliphatic carbocycles. The van der Waals surface area contributed by atoms with E-state index in [4.69, 9.17) is 16.3 Å². The van der Waals surface area contributed by atoms with Crippen molar-refractivity contribution >= 4 is 23.2 Å². The molecular formula is C18H28ClN3O2. The first-order chi connectivity index (χ1) is 11.3. The van der Waals surface area contributed by atoms with Crippen molar-refractivity contribution in [2.45, 2.75) is 32.7 Å². The van der Waals surface area contributed by atoms with Crippen LogP contribution in [0.15, 0.2) is 18.2 Å². The van der Waals surface area contributed by atoms with E-state index >= 15 is 0 Å². The number of nitrogens with zero attached hydrogens (tertiary/aromatic N) is 2. The van der Waals surface area contributed by atoms with Crippen LogP contribution in [0.4, 0.5) is 5.69 Å². The molecular weight excluding hydrogens is 326 g/mol. The molecule has 1 N–H and O–H groups in total. The lowest BCUT2D eigenvalue weighted by Gasteiger charge is -2.34. The van der Waals surface area contributed by atoms with Crippen LogP contribution < -0.4 is 10.1 Å². The van der Waals surface area contributed by atoms with Gasteiger partial charge in [0.05, 0.1) is 19.3 Å². The first-order valence-corrected chi connectivity index (χ1v) is 8.78. The highest BCUT2D eigenvalue weighted by Gasteiger charge is 2.24. The monoisotopic (exact) mass is 353 g/mol. The van der Waals surface area contributed by atoms with E-state index in [9.17, 15) is 4.79 Å². The second-order valence-electron chi connectivity index (χ2n) is 7.18. The summed E-state index contributed by atoms with van der Waals surface area (Å²) in [5.74, 6) is 0.572. The number of hydrogen-bond donors (Lipinski definition) is 1. The van der Waals surface area contributed by atoms with Crippen LogP contribution in [0.5, 0.6) is 5.75 Å². The summed E-state index contributed by atoms with van der Waals surface area (Å²) in [4.78, 5) is 17.1. The lowest BCUT2D eigenvalue weighted by atomic mass is 10.1. The number of nitrogens with one attached hydrogen (secondary N) is 1. The lowest BCUT2D eigenvalue weighted by molar-refractivity contribution is -0.117. The Balaban J connectivity index is 1.92. The number of carbonyl (C=O) groups excluding carboxylic acids is 1. The van der Waals surface area contributed by atoms with Gasteiger partial charge in [0.15, 0.2) is 0 Å². The van der Waals surface area contributed by atoms with Gasteiger partial charge >= 0.3 is 0 Å². The Kier molecular flexibility index (Phi) is 6.49. The number of ether oxygens (including phenoxy) is 1. The van der Waals surface area contributed by atoms with Crippen molar-refractivity contribution in [1.82, 2.24) is 9.80 Å². The van der Waals surface area contributed by atoms with Gasteiger partial charge in [-0.25, -0.2) is 0 Å². The summed E-state index contributed by atoms with van der Waals surface area (Å²) in [6.45, 7) is 11.0. The summed E-state index contributed by atoms with van der Waals surface area (Å²) in [5, 5.41) is 3.48. The third-order valence-corrected chi connectivity index (χ3v) is 4.58. The molecule has 24 heavy (non-hydrogen) atoms. The van der Waals surface area contributed by atoms with Crippen molar-refractivity contribution in [2.24, 2.45) is 0 Å². The molecule has 6 heteroatoms. The van der Waals surface area contributed by atoms with Gasteiger partial charge in [0.1, 0.15) is 5.75 Å². The molecule has 0 saturated carbocycles. The van der Waals surface area contributed by atoms with E-state index in [1.165, 1.54) is 0 Å². The normalized spacial score (nSPS) is 17.4. The average molecular weight is 354 g/mol. The Morgan fingerprint density at radius 2 is 2.00 bits per heavy atom. The van der Waals surface area contributed by atoms with Crippen LogP contribution in [0, 0.1) is 0 Å². The number of hydrogen-bond acceptors (Lipinski definition) is 4. The molecule has 1 amide bonds. The SMILES string of the molecule is COc1ccc(Cl)cc1NC(=O)CN1CCCN(C(C)(C)C)CC1. The van der Waals surface area contributed by atoms with E-state index in [-0.39, 0.29) is 11.4 Å². The summed E-state index contributed by atoms with van der Waals surface area (Å²) in [5.41, 5.74) is 0.785. The number of anilines is 1. The molecule has 0 aromatic heterocycles. The summed E-state index contributed by atoms with van der Waals surface area (Å²) in [6.07, 6.45) is 1.07. The molecule has 1 fully saturated rings. The van der Waals surface area contributed by atoms with Gasteiger partial charge in [0.25, 0.3) is 0 Å². The summed E-state index contributed by atoms with van der Waals surface area (Å²) in [7, 11) is 1.58. The van der Waals surface area contributed by atoms with Crippen molar-refractivity contribution in [1.29, 1.82) is 0 Å². The third-order valence-electron chi connectivity index (χ3n) is 4.34. The van der Waals surface area contributed by atoms with Gasteiger partial charge in [-0.05, 0) is 58.5 Å². The zero-order valence-electron chi connectivity index (χ0n) is 15.1. The predicted molar refractivity (Wildman–Crippen MR) is 99.0 cm³/mol. The van der Waals surface area contributed by atoms with E-state index in [0.717, 1.165) is 32.6 Å². The molecule has 1 aliphatic heterocycles. The van der Waals surface area contributed by atoms with E-state index in [2.05, 4.69) is 35.9 Å². The molecule has 1 aromatic rings. The summed E-state index contributed by atoms with van der Waals surface area (Å²) in [6, 6.07) is 5.21. The molecule has 1 heterocycles. The fourth-order valence-electron chi connectivity index (χ4n) is 2.97. The minimum Gasteiger partial charge on any atom is -0.495 e. The maximum atomic E-state index is 12.4. The third kappa shape index (κ3) is 5.36. The van der Waals surface area contributed by atoms with Crippen LogP contribution in [0.2, 0.25) is 5.02 Å². The molecule has 2 rings (SSSR count). The highest BCUT2D eigenvalue weighted by atomic mass is 35.5. The molecule has 0 bridgehead atoms. The fraction of sp³-hybridized carbons (Fsp3) is 0.611. The minimum atomic E-state index is -0.0419. The average Bonchev–Trinajstić information content (AvgIpc) is 2.72. The number of amides is 1. The van der Waals surface area contributed by atoms with Crippen LogP contribution in [-0.4, -0.2) is 61.1 Å². The molecule has 0 atom stereocenters. The Bertz CT molecular complexity index is 572. The Morgan fingerprint density at radius 1 is 1.25 bits per heavy atom. The van der Waals surface area contributed by atoms with Crippen molar-refractivity contribution < 1.29 is 9.53 Å². The zero-order valence-corrected chi connectivity index (χ0v) is 15.8. The molecule has 0 spiro atoms. The van der Waals surface area contributed by atoms with Crippen molar-refractivity contribution in [2.75, 3.05) is 45.2 Å². The Morgan fingerprint density at radius 3 is 2.67 bits per heavy atom. The van der Waals surface area contributed by atoms with E-state index < -0.39 is 0 Å². The maximum absolute atomic E-state index is 12.4. The molecule has 1 aliphatic rings. The molecule has 1 aromatic carbocycles. The zero-order chi connectivity index (χ0) is 17.7. The second-order valence-corrected chi connectivity index (χ2v) is 7.62. The van der Waals surface area contributed by atoms with Crippen LogP contribution in [0.1, 0.15) is 27.2 Å². The fourth-order valence-corrected chi connectivity index (χ4v) is 3.14. The highest BCUT2D eigenvalue weighted by molar-refractivity contribution is 6.31. The van der Waals surface area contributed by atoms with E-state index in [1.54, 1.807) is 25.3 Å². The van der Waals surface area contributed by atoms with Crippen molar-refractivity contribution in [3.05, 3.63) is 23.2 Å². The number of carbonyl (C=O) groups is 1.